The lowest BCUT2D eigenvalue weighted by Crippen LogP contribution is -2.51. The molecule has 0 bridgehead atoms. The molecule has 0 aliphatic carbocycles. The third-order valence-corrected chi connectivity index (χ3v) is 6.70. The number of carbonyl (C=O) groups excluding carboxylic acids is 2. The molecule has 3 aromatic rings. The van der Waals surface area contributed by atoms with Crippen LogP contribution in [-0.2, 0) is 29.1 Å². The molecule has 1 aromatic heterocycles. The SMILES string of the molecule is COc1ccccc1CC(=O)N1CCN(C(=O)c2nnn3c2CO[C@H](c2ccc(C)cc2)C3)CC1. The summed E-state index contributed by atoms with van der Waals surface area (Å²) in [5.41, 5.74) is 4.17. The molecule has 3 heterocycles. The highest BCUT2D eigenvalue weighted by atomic mass is 16.5. The minimum atomic E-state index is -0.166. The maximum atomic E-state index is 13.2. The number of hydrogen-bond donors (Lipinski definition) is 0. The third-order valence-electron chi connectivity index (χ3n) is 6.70. The fourth-order valence-corrected chi connectivity index (χ4v) is 4.59. The number of methoxy groups -OCH3 is 1. The number of fused-ring (bicyclic) bond motifs is 1. The number of carbonyl (C=O) groups is 2. The van der Waals surface area contributed by atoms with Crippen LogP contribution in [0.15, 0.2) is 48.5 Å². The predicted octanol–water partition coefficient (Wildman–Crippen LogP) is 2.39. The van der Waals surface area contributed by atoms with Gasteiger partial charge in [0.25, 0.3) is 5.91 Å². The Bertz CT molecular complexity index is 1210. The number of benzene rings is 2. The van der Waals surface area contributed by atoms with Gasteiger partial charge in [-0.2, -0.15) is 0 Å². The van der Waals surface area contributed by atoms with Crippen molar-refractivity contribution in [2.24, 2.45) is 0 Å². The van der Waals surface area contributed by atoms with Crippen LogP contribution in [-0.4, -0.2) is 69.9 Å². The molecule has 1 atom stereocenters. The minimum Gasteiger partial charge on any atom is -0.496 e. The van der Waals surface area contributed by atoms with Gasteiger partial charge in [-0.15, -0.1) is 5.10 Å². The molecule has 182 valence electrons. The number of rotatable bonds is 5. The highest BCUT2D eigenvalue weighted by molar-refractivity contribution is 5.93. The number of amides is 2. The summed E-state index contributed by atoms with van der Waals surface area (Å²) in [6.45, 7) is 4.72. The Morgan fingerprint density at radius 2 is 1.74 bits per heavy atom. The van der Waals surface area contributed by atoms with Gasteiger partial charge in [0.05, 0.1) is 32.4 Å². The molecule has 1 saturated heterocycles. The van der Waals surface area contributed by atoms with Gasteiger partial charge in [0.15, 0.2) is 5.69 Å². The number of aromatic nitrogens is 3. The van der Waals surface area contributed by atoms with Gasteiger partial charge in [0.2, 0.25) is 5.91 Å². The molecule has 5 rings (SSSR count). The number of para-hydroxylation sites is 1. The molecular formula is C26H29N5O4. The summed E-state index contributed by atoms with van der Waals surface area (Å²) >= 11 is 0. The third kappa shape index (κ3) is 4.77. The maximum absolute atomic E-state index is 13.2. The lowest BCUT2D eigenvalue weighted by atomic mass is 10.1. The van der Waals surface area contributed by atoms with Gasteiger partial charge in [-0.05, 0) is 18.6 Å². The Balaban J connectivity index is 1.19. The topological polar surface area (TPSA) is 89.8 Å². The highest BCUT2D eigenvalue weighted by Crippen LogP contribution is 2.28. The van der Waals surface area contributed by atoms with E-state index in [1.54, 1.807) is 21.6 Å². The van der Waals surface area contributed by atoms with E-state index in [1.807, 2.05) is 24.3 Å². The first-order valence-corrected chi connectivity index (χ1v) is 11.8. The summed E-state index contributed by atoms with van der Waals surface area (Å²) in [7, 11) is 1.60. The first-order chi connectivity index (χ1) is 17.0. The van der Waals surface area contributed by atoms with Crippen LogP contribution in [0.4, 0.5) is 0 Å². The van der Waals surface area contributed by atoms with Crippen molar-refractivity contribution in [3.8, 4) is 5.75 Å². The van der Waals surface area contributed by atoms with Crippen LogP contribution in [0, 0.1) is 6.92 Å². The molecular weight excluding hydrogens is 446 g/mol. The van der Waals surface area contributed by atoms with Crippen molar-refractivity contribution in [3.63, 3.8) is 0 Å². The Morgan fingerprint density at radius 3 is 2.49 bits per heavy atom. The van der Waals surface area contributed by atoms with Crippen molar-refractivity contribution >= 4 is 11.8 Å². The summed E-state index contributed by atoms with van der Waals surface area (Å²) < 4.78 is 13.2. The van der Waals surface area contributed by atoms with Gasteiger partial charge in [0.1, 0.15) is 11.9 Å². The zero-order chi connectivity index (χ0) is 24.4. The molecule has 0 saturated carbocycles. The van der Waals surface area contributed by atoms with E-state index in [2.05, 4.69) is 41.5 Å². The second kappa shape index (κ2) is 9.87. The van der Waals surface area contributed by atoms with E-state index < -0.39 is 0 Å². The van der Waals surface area contributed by atoms with Gasteiger partial charge in [0, 0.05) is 31.7 Å². The van der Waals surface area contributed by atoms with Gasteiger partial charge in [-0.1, -0.05) is 53.2 Å². The second-order valence-corrected chi connectivity index (χ2v) is 8.94. The Labute approximate surface area is 204 Å². The van der Waals surface area contributed by atoms with E-state index in [-0.39, 0.29) is 30.9 Å². The van der Waals surface area contributed by atoms with Crippen LogP contribution in [0.25, 0.3) is 0 Å². The molecule has 0 spiro atoms. The van der Waals surface area contributed by atoms with Crippen LogP contribution >= 0.6 is 0 Å². The summed E-state index contributed by atoms with van der Waals surface area (Å²) in [6.07, 6.45) is 0.154. The first kappa shape index (κ1) is 23.0. The molecule has 35 heavy (non-hydrogen) atoms. The van der Waals surface area contributed by atoms with Crippen molar-refractivity contribution in [3.05, 3.63) is 76.6 Å². The lowest BCUT2D eigenvalue weighted by Gasteiger charge is -2.34. The number of piperazine rings is 1. The lowest BCUT2D eigenvalue weighted by molar-refractivity contribution is -0.131. The van der Waals surface area contributed by atoms with Crippen molar-refractivity contribution in [2.75, 3.05) is 33.3 Å². The van der Waals surface area contributed by atoms with E-state index in [4.69, 9.17) is 9.47 Å². The van der Waals surface area contributed by atoms with E-state index in [1.165, 1.54) is 5.56 Å². The number of nitrogens with zero attached hydrogens (tertiary/aromatic N) is 5. The molecule has 2 aliphatic rings. The largest absolute Gasteiger partial charge is 0.496 e. The zero-order valence-electron chi connectivity index (χ0n) is 20.0. The van der Waals surface area contributed by atoms with Crippen LogP contribution in [0.1, 0.15) is 39.0 Å². The molecule has 0 unspecified atom stereocenters. The maximum Gasteiger partial charge on any atom is 0.276 e. The number of ether oxygens (including phenoxy) is 2. The average Bonchev–Trinajstić information content (AvgIpc) is 3.32. The molecule has 1 fully saturated rings. The van der Waals surface area contributed by atoms with Crippen LogP contribution in [0.3, 0.4) is 0 Å². The van der Waals surface area contributed by atoms with Gasteiger partial charge in [-0.3, -0.25) is 9.59 Å². The molecule has 2 aromatic carbocycles. The summed E-state index contributed by atoms with van der Waals surface area (Å²) in [6, 6.07) is 15.8. The quantitative estimate of drug-likeness (QED) is 0.563. The smallest absolute Gasteiger partial charge is 0.276 e. The minimum absolute atomic E-state index is 0.0261. The molecule has 9 nitrogen and oxygen atoms in total. The predicted molar refractivity (Wildman–Crippen MR) is 128 cm³/mol. The summed E-state index contributed by atoms with van der Waals surface area (Å²) in [5, 5.41) is 8.43. The van der Waals surface area contributed by atoms with Gasteiger partial charge in [-0.25, -0.2) is 4.68 Å². The van der Waals surface area contributed by atoms with Crippen molar-refractivity contribution in [1.82, 2.24) is 24.8 Å². The summed E-state index contributed by atoms with van der Waals surface area (Å²) in [5.74, 6) is 0.567. The Kier molecular flexibility index (Phi) is 6.50. The van der Waals surface area contributed by atoms with E-state index in [0.717, 1.165) is 11.1 Å². The monoisotopic (exact) mass is 475 g/mol. The van der Waals surface area contributed by atoms with Gasteiger partial charge < -0.3 is 19.3 Å². The standard InChI is InChI=1S/C26H29N5O4/c1-18-7-9-19(10-8-18)23-16-31-21(17-35-23)25(27-28-31)26(33)30-13-11-29(12-14-30)24(32)15-20-5-3-4-6-22(20)34-2/h3-10,23H,11-17H2,1-2H3/t23-/m0/s1. The second-order valence-electron chi connectivity index (χ2n) is 8.94. The van der Waals surface area contributed by atoms with Crippen molar-refractivity contribution in [2.45, 2.75) is 32.6 Å². The highest BCUT2D eigenvalue weighted by Gasteiger charge is 2.32. The average molecular weight is 476 g/mol. The molecule has 9 heteroatoms. The van der Waals surface area contributed by atoms with E-state index in [0.29, 0.717) is 49.9 Å². The Morgan fingerprint density at radius 1 is 1.03 bits per heavy atom. The molecule has 0 radical (unpaired) electrons. The van der Waals surface area contributed by atoms with Crippen molar-refractivity contribution in [1.29, 1.82) is 0 Å². The zero-order valence-corrected chi connectivity index (χ0v) is 20.0. The number of hydrogen-bond acceptors (Lipinski definition) is 6. The molecule has 2 aliphatic heterocycles. The van der Waals surface area contributed by atoms with Crippen LogP contribution in [0.5, 0.6) is 5.75 Å². The normalized spacial score (nSPS) is 17.7. The van der Waals surface area contributed by atoms with Crippen molar-refractivity contribution < 1.29 is 19.1 Å². The van der Waals surface area contributed by atoms with E-state index in [9.17, 15) is 9.59 Å². The first-order valence-electron chi connectivity index (χ1n) is 11.8. The molecule has 2 amide bonds. The fraction of sp³-hybridized carbons (Fsp3) is 0.385. The fourth-order valence-electron chi connectivity index (χ4n) is 4.59. The number of aryl methyl sites for hydroxylation is 1. The van der Waals surface area contributed by atoms with E-state index >= 15 is 0 Å². The van der Waals surface area contributed by atoms with Crippen LogP contribution in [0.2, 0.25) is 0 Å². The van der Waals surface area contributed by atoms with Gasteiger partial charge >= 0.3 is 0 Å². The Hall–Kier alpha value is -3.72. The van der Waals surface area contributed by atoms with Crippen LogP contribution < -0.4 is 4.74 Å². The molecule has 0 N–H and O–H groups in total. The summed E-state index contributed by atoms with van der Waals surface area (Å²) in [4.78, 5) is 29.6.